The molecule has 1 aromatic carbocycles. The van der Waals surface area contributed by atoms with Crippen LogP contribution in [0.3, 0.4) is 0 Å². The third kappa shape index (κ3) is 4.99. The van der Waals surface area contributed by atoms with E-state index in [4.69, 9.17) is 9.90 Å². The Balaban J connectivity index is 0.000000775. The summed E-state index contributed by atoms with van der Waals surface area (Å²) in [5, 5.41) is 6.89. The quantitative estimate of drug-likeness (QED) is 0.701. The summed E-state index contributed by atoms with van der Waals surface area (Å²) >= 11 is 0. The highest BCUT2D eigenvalue weighted by molar-refractivity contribution is 5.80. The van der Waals surface area contributed by atoms with Crippen LogP contribution in [-0.2, 0) is 22.6 Å². The number of benzene rings is 1. The van der Waals surface area contributed by atoms with E-state index in [1.165, 1.54) is 17.5 Å². The number of carbonyl (C=O) groups is 2. The first-order chi connectivity index (χ1) is 15.6. The maximum absolute atomic E-state index is 12.9. The highest BCUT2D eigenvalue weighted by atomic mass is 16.3. The number of likely N-dealkylation sites (tertiary alicyclic amines) is 2. The standard InChI is InChI=1S/C24H30N4O.CH2O2/c29-23(21-7-4-8-21)28-15-22-14-27(13-20-11-25-18-26-12-20)16-24(22,17-28)10-9-19-5-2-1-3-6-19;2-1-3/h1-3,5-6,11-12,18,21-22H,4,7-10,13-17H2;1H,(H,2,3). The topological polar surface area (TPSA) is 86.6 Å². The van der Waals surface area contributed by atoms with Crippen molar-refractivity contribution in [1.82, 2.24) is 19.8 Å². The van der Waals surface area contributed by atoms with Gasteiger partial charge in [-0.3, -0.25) is 14.5 Å². The minimum Gasteiger partial charge on any atom is -0.483 e. The van der Waals surface area contributed by atoms with Crippen LogP contribution in [0.1, 0.15) is 36.8 Å². The molecule has 3 heterocycles. The van der Waals surface area contributed by atoms with Crippen LogP contribution in [0.2, 0.25) is 0 Å². The van der Waals surface area contributed by atoms with Crippen LogP contribution >= 0.6 is 0 Å². The second-order valence-electron chi connectivity index (χ2n) is 9.41. The summed E-state index contributed by atoms with van der Waals surface area (Å²) in [6.45, 7) is 4.65. The molecule has 2 atom stereocenters. The van der Waals surface area contributed by atoms with Crippen molar-refractivity contribution >= 4 is 12.4 Å². The van der Waals surface area contributed by atoms with Crippen molar-refractivity contribution in [3.8, 4) is 0 Å². The van der Waals surface area contributed by atoms with E-state index < -0.39 is 0 Å². The van der Waals surface area contributed by atoms with Gasteiger partial charge in [0.05, 0.1) is 0 Å². The molecule has 1 amide bonds. The summed E-state index contributed by atoms with van der Waals surface area (Å²) in [5.41, 5.74) is 2.79. The lowest BCUT2D eigenvalue weighted by Gasteiger charge is -2.33. The second-order valence-corrected chi connectivity index (χ2v) is 9.41. The van der Waals surface area contributed by atoms with E-state index >= 15 is 0 Å². The average Bonchev–Trinajstić information content (AvgIpc) is 3.27. The third-order valence-electron chi connectivity index (χ3n) is 7.37. The molecule has 0 radical (unpaired) electrons. The largest absolute Gasteiger partial charge is 0.483 e. The molecule has 1 saturated carbocycles. The number of carbonyl (C=O) groups excluding carboxylic acids is 1. The number of nitrogens with zero attached hydrogens (tertiary/aromatic N) is 4. The number of aryl methyl sites for hydroxylation is 1. The summed E-state index contributed by atoms with van der Waals surface area (Å²) in [6, 6.07) is 10.8. The number of carboxylic acid groups (broad SMARTS) is 1. The van der Waals surface area contributed by atoms with Crippen molar-refractivity contribution in [2.75, 3.05) is 26.2 Å². The van der Waals surface area contributed by atoms with Crippen LogP contribution < -0.4 is 0 Å². The lowest BCUT2D eigenvalue weighted by Crippen LogP contribution is -2.41. The predicted octanol–water partition coefficient (Wildman–Crippen LogP) is 2.87. The van der Waals surface area contributed by atoms with E-state index in [0.717, 1.165) is 58.4 Å². The van der Waals surface area contributed by atoms with Gasteiger partial charge in [0.25, 0.3) is 6.47 Å². The van der Waals surface area contributed by atoms with Gasteiger partial charge in [-0.2, -0.15) is 0 Å². The summed E-state index contributed by atoms with van der Waals surface area (Å²) < 4.78 is 0. The van der Waals surface area contributed by atoms with Crippen molar-refractivity contribution in [1.29, 1.82) is 0 Å². The number of hydrogen-bond donors (Lipinski definition) is 1. The van der Waals surface area contributed by atoms with Gasteiger partial charge in [-0.25, -0.2) is 9.97 Å². The van der Waals surface area contributed by atoms with Crippen LogP contribution in [0, 0.1) is 17.3 Å². The number of aromatic nitrogens is 2. The Labute approximate surface area is 189 Å². The fourth-order valence-electron chi connectivity index (χ4n) is 5.56. The first kappa shape index (κ1) is 22.4. The van der Waals surface area contributed by atoms with Crippen molar-refractivity contribution in [2.24, 2.45) is 17.3 Å². The van der Waals surface area contributed by atoms with E-state index in [9.17, 15) is 4.79 Å². The molecule has 32 heavy (non-hydrogen) atoms. The Hall–Kier alpha value is -2.80. The lowest BCUT2D eigenvalue weighted by molar-refractivity contribution is -0.137. The summed E-state index contributed by atoms with van der Waals surface area (Å²) in [4.78, 5) is 34.4. The summed E-state index contributed by atoms with van der Waals surface area (Å²) in [5.74, 6) is 1.30. The lowest BCUT2D eigenvalue weighted by atomic mass is 9.76. The van der Waals surface area contributed by atoms with Crippen LogP contribution in [0.25, 0.3) is 0 Å². The van der Waals surface area contributed by atoms with Crippen molar-refractivity contribution in [3.05, 3.63) is 60.2 Å². The molecule has 3 fully saturated rings. The number of amides is 1. The molecule has 2 aromatic rings. The van der Waals surface area contributed by atoms with Crippen LogP contribution in [0.4, 0.5) is 0 Å². The zero-order valence-corrected chi connectivity index (χ0v) is 18.5. The minimum atomic E-state index is -0.250. The molecule has 3 aliphatic rings. The van der Waals surface area contributed by atoms with Gasteiger partial charge in [-0.1, -0.05) is 36.8 Å². The average molecular weight is 437 g/mol. The molecular formula is C25H32N4O3. The van der Waals surface area contributed by atoms with Crippen LogP contribution in [0.15, 0.2) is 49.1 Å². The maximum atomic E-state index is 12.9. The number of fused-ring (bicyclic) bond motifs is 1. The normalized spacial score (nSPS) is 24.9. The van der Waals surface area contributed by atoms with Crippen molar-refractivity contribution in [3.63, 3.8) is 0 Å². The van der Waals surface area contributed by atoms with Crippen LogP contribution in [-0.4, -0.2) is 63.4 Å². The van der Waals surface area contributed by atoms with Gasteiger partial charge < -0.3 is 10.0 Å². The SMILES string of the molecule is O=C(C1CCC1)N1CC2CN(Cc3cncnc3)CC2(CCc2ccccc2)C1.O=CO. The molecular weight excluding hydrogens is 404 g/mol. The van der Waals surface area contributed by atoms with Crippen LogP contribution in [0.5, 0.6) is 0 Å². The Morgan fingerprint density at radius 1 is 1.09 bits per heavy atom. The molecule has 1 aliphatic carbocycles. The van der Waals surface area contributed by atoms with Gasteiger partial charge >= 0.3 is 0 Å². The second kappa shape index (κ2) is 10.2. The van der Waals surface area contributed by atoms with E-state index in [1.54, 1.807) is 6.33 Å². The predicted molar refractivity (Wildman–Crippen MR) is 121 cm³/mol. The molecule has 0 spiro atoms. The van der Waals surface area contributed by atoms with Gasteiger partial charge in [-0.05, 0) is 37.2 Å². The maximum Gasteiger partial charge on any atom is 0.290 e. The van der Waals surface area contributed by atoms with Crippen molar-refractivity contribution in [2.45, 2.75) is 38.6 Å². The summed E-state index contributed by atoms with van der Waals surface area (Å²) in [7, 11) is 0. The minimum absolute atomic E-state index is 0.213. The Kier molecular flexibility index (Phi) is 7.15. The van der Waals surface area contributed by atoms with Gasteiger partial charge in [0.2, 0.25) is 5.91 Å². The van der Waals surface area contributed by atoms with Gasteiger partial charge in [-0.15, -0.1) is 0 Å². The Morgan fingerprint density at radius 3 is 2.47 bits per heavy atom. The fraction of sp³-hybridized carbons (Fsp3) is 0.520. The molecule has 7 heteroatoms. The first-order valence-electron chi connectivity index (χ1n) is 11.5. The van der Waals surface area contributed by atoms with Gasteiger partial charge in [0.1, 0.15) is 6.33 Å². The number of rotatable bonds is 6. The van der Waals surface area contributed by atoms with E-state index in [0.29, 0.717) is 17.7 Å². The highest BCUT2D eigenvalue weighted by Crippen LogP contribution is 2.47. The summed E-state index contributed by atoms with van der Waals surface area (Å²) in [6.07, 6.45) is 11.1. The highest BCUT2D eigenvalue weighted by Gasteiger charge is 2.53. The van der Waals surface area contributed by atoms with E-state index in [1.807, 2.05) is 12.4 Å². The fourth-order valence-corrected chi connectivity index (χ4v) is 5.56. The van der Waals surface area contributed by atoms with Crippen molar-refractivity contribution < 1.29 is 14.7 Å². The monoisotopic (exact) mass is 436 g/mol. The van der Waals surface area contributed by atoms with E-state index in [-0.39, 0.29) is 11.9 Å². The molecule has 0 bridgehead atoms. The van der Waals surface area contributed by atoms with Gasteiger partial charge in [0.15, 0.2) is 0 Å². The molecule has 2 aliphatic heterocycles. The molecule has 2 unspecified atom stereocenters. The molecule has 1 N–H and O–H groups in total. The third-order valence-corrected chi connectivity index (χ3v) is 7.37. The zero-order valence-electron chi connectivity index (χ0n) is 18.5. The molecule has 1 aromatic heterocycles. The van der Waals surface area contributed by atoms with Gasteiger partial charge in [0, 0.05) is 62.0 Å². The smallest absolute Gasteiger partial charge is 0.290 e. The molecule has 7 nitrogen and oxygen atoms in total. The zero-order chi connectivity index (χ0) is 22.4. The Bertz CT molecular complexity index is 891. The first-order valence-corrected chi connectivity index (χ1v) is 11.5. The Morgan fingerprint density at radius 2 is 1.81 bits per heavy atom. The molecule has 170 valence electrons. The van der Waals surface area contributed by atoms with E-state index in [2.05, 4.69) is 50.1 Å². The molecule has 2 saturated heterocycles. The molecule has 5 rings (SSSR count). The number of hydrogen-bond acceptors (Lipinski definition) is 5.